The highest BCUT2D eigenvalue weighted by Crippen LogP contribution is 2.19. The van der Waals surface area contributed by atoms with Crippen molar-refractivity contribution < 1.29 is 9.90 Å². The molecular formula is C13H11NO2. The summed E-state index contributed by atoms with van der Waals surface area (Å²) in [5.41, 5.74) is 0.913. The highest BCUT2D eigenvalue weighted by molar-refractivity contribution is 5.98. The largest absolute Gasteiger partial charge is 0.507 e. The van der Waals surface area contributed by atoms with E-state index in [-0.39, 0.29) is 23.5 Å². The Morgan fingerprint density at radius 2 is 2.25 bits per heavy atom. The summed E-state index contributed by atoms with van der Waals surface area (Å²) >= 11 is 0. The van der Waals surface area contributed by atoms with Crippen LogP contribution < -0.4 is 0 Å². The van der Waals surface area contributed by atoms with Crippen molar-refractivity contribution in [3.8, 4) is 23.7 Å². The van der Waals surface area contributed by atoms with Gasteiger partial charge in [0.05, 0.1) is 18.1 Å². The van der Waals surface area contributed by atoms with Gasteiger partial charge in [0.2, 0.25) is 0 Å². The number of carbonyl (C=O) groups excluding carboxylic acids is 1. The fraction of sp³-hybridized carbons (Fsp3) is 0.231. The first-order chi connectivity index (χ1) is 7.69. The summed E-state index contributed by atoms with van der Waals surface area (Å²) in [6, 6.07) is 6.52. The molecule has 0 saturated heterocycles. The van der Waals surface area contributed by atoms with Gasteiger partial charge in [0.1, 0.15) is 5.75 Å². The van der Waals surface area contributed by atoms with Crippen LogP contribution in [0.4, 0.5) is 0 Å². The third kappa shape index (κ3) is 2.87. The van der Waals surface area contributed by atoms with Crippen LogP contribution in [0.15, 0.2) is 18.2 Å². The molecule has 0 atom stereocenters. The van der Waals surface area contributed by atoms with Crippen molar-refractivity contribution in [1.82, 2.24) is 0 Å². The van der Waals surface area contributed by atoms with Crippen molar-refractivity contribution >= 4 is 5.78 Å². The molecule has 0 amide bonds. The van der Waals surface area contributed by atoms with Gasteiger partial charge in [-0.05, 0) is 18.2 Å². The van der Waals surface area contributed by atoms with E-state index in [0.29, 0.717) is 12.0 Å². The van der Waals surface area contributed by atoms with E-state index < -0.39 is 0 Å². The zero-order valence-electron chi connectivity index (χ0n) is 8.95. The summed E-state index contributed by atoms with van der Waals surface area (Å²) in [6.45, 7) is 1.73. The molecule has 0 spiro atoms. The zero-order chi connectivity index (χ0) is 12.0. The van der Waals surface area contributed by atoms with Gasteiger partial charge in [-0.3, -0.25) is 4.79 Å². The lowest BCUT2D eigenvalue weighted by Gasteiger charge is -2.02. The molecule has 1 N–H and O–H groups in total. The number of phenolic OH excluding ortho intramolecular Hbond substituents is 1. The monoisotopic (exact) mass is 213 g/mol. The molecule has 80 valence electrons. The predicted molar refractivity (Wildman–Crippen MR) is 59.8 cm³/mol. The molecule has 16 heavy (non-hydrogen) atoms. The number of nitrogens with zero attached hydrogens (tertiary/aromatic N) is 1. The molecule has 0 fully saturated rings. The zero-order valence-corrected chi connectivity index (χ0v) is 8.95. The van der Waals surface area contributed by atoms with Crippen LogP contribution in [0.2, 0.25) is 0 Å². The average Bonchev–Trinajstić information content (AvgIpc) is 2.30. The van der Waals surface area contributed by atoms with Crippen LogP contribution in [0.25, 0.3) is 0 Å². The van der Waals surface area contributed by atoms with Gasteiger partial charge >= 0.3 is 0 Å². The molecule has 3 heteroatoms. The second kappa shape index (κ2) is 5.58. The van der Waals surface area contributed by atoms with Crippen molar-refractivity contribution in [2.24, 2.45) is 0 Å². The molecule has 0 aliphatic heterocycles. The van der Waals surface area contributed by atoms with Crippen LogP contribution >= 0.6 is 0 Å². The van der Waals surface area contributed by atoms with E-state index in [1.165, 1.54) is 6.07 Å². The molecule has 0 bridgehead atoms. The van der Waals surface area contributed by atoms with Crippen LogP contribution in [-0.4, -0.2) is 10.9 Å². The van der Waals surface area contributed by atoms with Gasteiger partial charge in [-0.2, -0.15) is 5.26 Å². The van der Waals surface area contributed by atoms with Crippen LogP contribution in [-0.2, 0) is 0 Å². The second-order valence-corrected chi connectivity index (χ2v) is 3.15. The summed E-state index contributed by atoms with van der Waals surface area (Å²) in [6.07, 6.45) is 0.487. The molecule has 0 aliphatic carbocycles. The molecule has 0 saturated carbocycles. The number of benzene rings is 1. The van der Waals surface area contributed by atoms with Gasteiger partial charge in [-0.25, -0.2) is 0 Å². The number of carbonyl (C=O) groups is 1. The number of ketones is 1. The minimum absolute atomic E-state index is 0.0299. The standard InChI is InChI=1S/C13H11NO2/c1-2-12(15)11-9-10(5-3-4-8-14)6-7-13(11)16/h6-7,9,16H,2,4H2,1H3. The van der Waals surface area contributed by atoms with E-state index in [0.717, 1.165) is 0 Å². The van der Waals surface area contributed by atoms with E-state index in [1.54, 1.807) is 19.1 Å². The van der Waals surface area contributed by atoms with Crippen molar-refractivity contribution in [2.75, 3.05) is 0 Å². The Kier molecular flexibility index (Phi) is 4.12. The fourth-order valence-corrected chi connectivity index (χ4v) is 1.21. The topological polar surface area (TPSA) is 61.1 Å². The molecule has 0 radical (unpaired) electrons. The first kappa shape index (κ1) is 11.8. The summed E-state index contributed by atoms with van der Waals surface area (Å²) in [5.74, 6) is 5.25. The Morgan fingerprint density at radius 1 is 1.50 bits per heavy atom. The Labute approximate surface area is 94.3 Å². The minimum atomic E-state index is -0.124. The van der Waals surface area contributed by atoms with Gasteiger partial charge in [-0.1, -0.05) is 18.8 Å². The number of aromatic hydroxyl groups is 1. The Balaban J connectivity index is 3.05. The average molecular weight is 213 g/mol. The maximum absolute atomic E-state index is 11.5. The Hall–Kier alpha value is -2.26. The summed E-state index contributed by atoms with van der Waals surface area (Å²) < 4.78 is 0. The van der Waals surface area contributed by atoms with E-state index in [4.69, 9.17) is 5.26 Å². The van der Waals surface area contributed by atoms with Crippen LogP contribution in [0.1, 0.15) is 35.7 Å². The number of nitriles is 1. The van der Waals surface area contributed by atoms with Gasteiger partial charge in [0, 0.05) is 12.0 Å². The first-order valence-electron chi connectivity index (χ1n) is 4.91. The molecular weight excluding hydrogens is 202 g/mol. The quantitative estimate of drug-likeness (QED) is 0.605. The SMILES string of the molecule is CCC(=O)c1cc(C#CCC#N)ccc1O. The van der Waals surface area contributed by atoms with Crippen LogP contribution in [0, 0.1) is 23.2 Å². The van der Waals surface area contributed by atoms with E-state index >= 15 is 0 Å². The third-order valence-electron chi connectivity index (χ3n) is 2.02. The molecule has 3 nitrogen and oxygen atoms in total. The highest BCUT2D eigenvalue weighted by Gasteiger charge is 2.08. The smallest absolute Gasteiger partial charge is 0.166 e. The predicted octanol–water partition coefficient (Wildman–Crippen LogP) is 2.25. The van der Waals surface area contributed by atoms with Gasteiger partial charge in [-0.15, -0.1) is 0 Å². The fourth-order valence-electron chi connectivity index (χ4n) is 1.21. The van der Waals surface area contributed by atoms with E-state index in [9.17, 15) is 9.90 Å². The number of hydrogen-bond acceptors (Lipinski definition) is 3. The lowest BCUT2D eigenvalue weighted by molar-refractivity contribution is 0.0985. The van der Waals surface area contributed by atoms with Gasteiger partial charge < -0.3 is 5.11 Å². The normalized spacial score (nSPS) is 8.75. The maximum atomic E-state index is 11.5. The lowest BCUT2D eigenvalue weighted by atomic mass is 10.0. The molecule has 0 heterocycles. The van der Waals surface area contributed by atoms with Gasteiger partial charge in [0.15, 0.2) is 5.78 Å². The van der Waals surface area contributed by atoms with Crippen LogP contribution in [0.5, 0.6) is 5.75 Å². The molecule has 0 aromatic heterocycles. The van der Waals surface area contributed by atoms with Crippen molar-refractivity contribution in [2.45, 2.75) is 19.8 Å². The maximum Gasteiger partial charge on any atom is 0.166 e. The van der Waals surface area contributed by atoms with Crippen molar-refractivity contribution in [3.63, 3.8) is 0 Å². The second-order valence-electron chi connectivity index (χ2n) is 3.15. The molecule has 0 unspecified atom stereocenters. The minimum Gasteiger partial charge on any atom is -0.507 e. The van der Waals surface area contributed by atoms with Crippen LogP contribution in [0.3, 0.4) is 0 Å². The summed E-state index contributed by atoms with van der Waals surface area (Å²) in [4.78, 5) is 11.5. The highest BCUT2D eigenvalue weighted by atomic mass is 16.3. The van der Waals surface area contributed by atoms with E-state index in [1.807, 2.05) is 6.07 Å². The van der Waals surface area contributed by atoms with Gasteiger partial charge in [0.25, 0.3) is 0 Å². The number of phenols is 1. The summed E-state index contributed by atoms with van der Waals surface area (Å²) in [7, 11) is 0. The number of rotatable bonds is 2. The van der Waals surface area contributed by atoms with Crippen molar-refractivity contribution in [3.05, 3.63) is 29.3 Å². The third-order valence-corrected chi connectivity index (χ3v) is 2.02. The Morgan fingerprint density at radius 3 is 2.88 bits per heavy atom. The lowest BCUT2D eigenvalue weighted by Crippen LogP contribution is -1.97. The Bertz CT molecular complexity index is 501. The number of Topliss-reactive ketones (excluding diaryl/α,β-unsaturated/α-hetero) is 1. The molecule has 1 aromatic rings. The molecule has 1 rings (SSSR count). The summed E-state index contributed by atoms with van der Waals surface area (Å²) in [5, 5.41) is 17.8. The van der Waals surface area contributed by atoms with Crippen molar-refractivity contribution in [1.29, 1.82) is 5.26 Å². The number of hydrogen-bond donors (Lipinski definition) is 1. The molecule has 0 aliphatic rings. The first-order valence-corrected chi connectivity index (χ1v) is 4.91. The van der Waals surface area contributed by atoms with E-state index in [2.05, 4.69) is 11.8 Å². The molecule has 1 aromatic carbocycles.